The number of aryl methyl sites for hydroxylation is 2. The Morgan fingerprint density at radius 2 is 1.78 bits per heavy atom. The number of fused-ring (bicyclic) bond motifs is 1. The van der Waals surface area contributed by atoms with E-state index in [1.54, 1.807) is 31.4 Å². The number of rotatable bonds is 8. The molecule has 0 unspecified atom stereocenters. The molecule has 1 aliphatic heterocycles. The lowest BCUT2D eigenvalue weighted by Gasteiger charge is -2.35. The summed E-state index contributed by atoms with van der Waals surface area (Å²) in [6.07, 6.45) is -0.384. The number of ether oxygens (including phenoxy) is 3. The van der Waals surface area contributed by atoms with Gasteiger partial charge in [-0.1, -0.05) is 25.1 Å². The summed E-state index contributed by atoms with van der Waals surface area (Å²) in [5.41, 5.74) is 3.17. The van der Waals surface area contributed by atoms with Gasteiger partial charge in [0.25, 0.3) is 15.9 Å². The van der Waals surface area contributed by atoms with Gasteiger partial charge in [0.15, 0.2) is 6.10 Å². The second-order valence-corrected chi connectivity index (χ2v) is 10.9. The molecular formula is C28H32N2O6S. The van der Waals surface area contributed by atoms with E-state index in [0.717, 1.165) is 22.4 Å². The molecule has 0 spiro atoms. The van der Waals surface area contributed by atoms with E-state index in [1.165, 1.54) is 23.5 Å². The first-order valence-electron chi connectivity index (χ1n) is 12.1. The quantitative estimate of drug-likeness (QED) is 0.465. The van der Waals surface area contributed by atoms with Crippen LogP contribution in [-0.4, -0.2) is 41.2 Å². The minimum atomic E-state index is -3.98. The molecule has 4 rings (SSSR count). The van der Waals surface area contributed by atoms with Crippen LogP contribution in [0.2, 0.25) is 0 Å². The zero-order valence-corrected chi connectivity index (χ0v) is 22.5. The van der Waals surface area contributed by atoms with Gasteiger partial charge in [-0.3, -0.25) is 9.10 Å². The monoisotopic (exact) mass is 524 g/mol. The van der Waals surface area contributed by atoms with E-state index in [9.17, 15) is 13.2 Å². The zero-order chi connectivity index (χ0) is 26.7. The number of benzene rings is 3. The third-order valence-electron chi connectivity index (χ3n) is 6.47. The van der Waals surface area contributed by atoms with Crippen LogP contribution in [-0.2, 0) is 14.8 Å². The van der Waals surface area contributed by atoms with Gasteiger partial charge in [-0.05, 0) is 79.4 Å². The molecule has 1 aliphatic rings. The smallest absolute Gasteiger partial charge is 0.264 e. The number of methoxy groups -OCH3 is 2. The van der Waals surface area contributed by atoms with Gasteiger partial charge in [-0.15, -0.1) is 0 Å². The van der Waals surface area contributed by atoms with E-state index in [1.807, 2.05) is 45.0 Å². The average Bonchev–Trinajstić information content (AvgIpc) is 2.90. The lowest BCUT2D eigenvalue weighted by Crippen LogP contribution is -2.51. The van der Waals surface area contributed by atoms with Crippen molar-refractivity contribution in [2.24, 2.45) is 0 Å². The minimum absolute atomic E-state index is 0.0990. The molecule has 0 saturated heterocycles. The third-order valence-corrected chi connectivity index (χ3v) is 8.26. The van der Waals surface area contributed by atoms with E-state index < -0.39 is 16.1 Å². The van der Waals surface area contributed by atoms with Crippen molar-refractivity contribution in [3.05, 3.63) is 77.4 Å². The van der Waals surface area contributed by atoms with Gasteiger partial charge in [0.1, 0.15) is 17.2 Å². The Hall–Kier alpha value is -3.72. The number of carbonyl (C=O) groups is 1. The van der Waals surface area contributed by atoms with Crippen molar-refractivity contribution < 1.29 is 27.4 Å². The molecule has 0 fully saturated rings. The van der Waals surface area contributed by atoms with Gasteiger partial charge in [0.05, 0.1) is 37.4 Å². The van der Waals surface area contributed by atoms with E-state index in [4.69, 9.17) is 14.2 Å². The lowest BCUT2D eigenvalue weighted by atomic mass is 10.0. The highest BCUT2D eigenvalue weighted by atomic mass is 32.2. The van der Waals surface area contributed by atoms with Crippen LogP contribution < -0.4 is 23.8 Å². The molecule has 0 bridgehead atoms. The van der Waals surface area contributed by atoms with Gasteiger partial charge in [-0.2, -0.15) is 0 Å². The molecule has 3 aromatic carbocycles. The highest BCUT2D eigenvalue weighted by molar-refractivity contribution is 7.92. The predicted octanol–water partition coefficient (Wildman–Crippen LogP) is 4.54. The summed E-state index contributed by atoms with van der Waals surface area (Å²) < 4.78 is 45.2. The summed E-state index contributed by atoms with van der Waals surface area (Å²) in [7, 11) is -0.843. The lowest BCUT2D eigenvalue weighted by molar-refractivity contribution is -0.128. The standard InChI is InChI=1S/C28H32N2O6S/c1-6-23(20-8-14-25(35-5)19(3)16-20)29-28(31)27-17-30(24-15-18(2)7-13-26(24)36-27)37(32,33)22-11-9-21(34-4)10-12-22/h7-16,23,27H,6,17H2,1-5H3,(H,29,31)/t23-,27+/m1/s1. The van der Waals surface area contributed by atoms with Crippen molar-refractivity contribution in [1.29, 1.82) is 0 Å². The minimum Gasteiger partial charge on any atom is -0.497 e. The van der Waals surface area contributed by atoms with E-state index >= 15 is 0 Å². The Kier molecular flexibility index (Phi) is 7.63. The Morgan fingerprint density at radius 1 is 1.05 bits per heavy atom. The average molecular weight is 525 g/mol. The third kappa shape index (κ3) is 5.36. The maximum Gasteiger partial charge on any atom is 0.264 e. The summed E-state index contributed by atoms with van der Waals surface area (Å²) >= 11 is 0. The van der Waals surface area contributed by atoms with Crippen LogP contribution in [0.5, 0.6) is 17.2 Å². The van der Waals surface area contributed by atoms with E-state index in [0.29, 0.717) is 23.6 Å². The molecule has 37 heavy (non-hydrogen) atoms. The number of carbonyl (C=O) groups excluding carboxylic acids is 1. The molecular weight excluding hydrogens is 492 g/mol. The SMILES string of the molecule is CC[C@@H](NC(=O)[C@@H]1CN(S(=O)(=O)c2ccc(OC)cc2)c2cc(C)ccc2O1)c1ccc(OC)c(C)c1. The van der Waals surface area contributed by atoms with Crippen molar-refractivity contribution in [2.75, 3.05) is 25.1 Å². The Balaban J connectivity index is 1.64. The van der Waals surface area contributed by atoms with Crippen molar-refractivity contribution >= 4 is 21.6 Å². The summed E-state index contributed by atoms with van der Waals surface area (Å²) in [6.45, 7) is 5.64. The van der Waals surface area contributed by atoms with Gasteiger partial charge in [0, 0.05) is 0 Å². The first kappa shape index (κ1) is 26.3. The molecule has 8 nitrogen and oxygen atoms in total. The first-order valence-corrected chi connectivity index (χ1v) is 13.5. The van der Waals surface area contributed by atoms with E-state index in [2.05, 4.69) is 5.32 Å². The van der Waals surface area contributed by atoms with Crippen molar-refractivity contribution in [3.8, 4) is 17.2 Å². The molecule has 196 valence electrons. The number of nitrogens with one attached hydrogen (secondary N) is 1. The number of nitrogens with zero attached hydrogens (tertiary/aromatic N) is 1. The fraction of sp³-hybridized carbons (Fsp3) is 0.321. The van der Waals surface area contributed by atoms with Crippen molar-refractivity contribution in [2.45, 2.75) is 44.2 Å². The molecule has 0 aliphatic carbocycles. The normalized spacial score (nSPS) is 15.8. The number of anilines is 1. The van der Waals surface area contributed by atoms with Gasteiger partial charge in [-0.25, -0.2) is 8.42 Å². The highest BCUT2D eigenvalue weighted by Crippen LogP contribution is 2.38. The summed E-state index contributed by atoms with van der Waals surface area (Å²) in [5.74, 6) is 1.27. The van der Waals surface area contributed by atoms with Crippen LogP contribution in [0.15, 0.2) is 65.6 Å². The Morgan fingerprint density at radius 3 is 2.41 bits per heavy atom. The van der Waals surface area contributed by atoms with Crippen LogP contribution in [0.25, 0.3) is 0 Å². The fourth-order valence-corrected chi connectivity index (χ4v) is 5.87. The number of sulfonamides is 1. The van der Waals surface area contributed by atoms with Crippen LogP contribution in [0.3, 0.4) is 0 Å². The highest BCUT2D eigenvalue weighted by Gasteiger charge is 2.38. The van der Waals surface area contributed by atoms with Crippen LogP contribution in [0, 0.1) is 13.8 Å². The Bertz CT molecular complexity index is 1390. The molecule has 2 atom stereocenters. The van der Waals surface area contributed by atoms with Gasteiger partial charge >= 0.3 is 0 Å². The van der Waals surface area contributed by atoms with E-state index in [-0.39, 0.29) is 23.4 Å². The van der Waals surface area contributed by atoms with Gasteiger partial charge in [0.2, 0.25) is 0 Å². The summed E-state index contributed by atoms with van der Waals surface area (Å²) in [4.78, 5) is 13.5. The van der Waals surface area contributed by atoms with Crippen LogP contribution in [0.1, 0.15) is 36.1 Å². The molecule has 1 amide bonds. The first-order chi connectivity index (χ1) is 17.7. The molecule has 3 aromatic rings. The van der Waals surface area contributed by atoms with Crippen LogP contribution in [0.4, 0.5) is 5.69 Å². The molecule has 0 aromatic heterocycles. The number of hydrogen-bond donors (Lipinski definition) is 1. The maximum atomic E-state index is 13.7. The fourth-order valence-electron chi connectivity index (χ4n) is 4.40. The van der Waals surface area contributed by atoms with Gasteiger partial charge < -0.3 is 19.5 Å². The van der Waals surface area contributed by atoms with Crippen molar-refractivity contribution in [1.82, 2.24) is 5.32 Å². The summed E-state index contributed by atoms with van der Waals surface area (Å²) in [6, 6.07) is 16.9. The molecule has 0 radical (unpaired) electrons. The zero-order valence-electron chi connectivity index (χ0n) is 21.6. The topological polar surface area (TPSA) is 94.2 Å². The molecule has 1 N–H and O–H groups in total. The molecule has 0 saturated carbocycles. The second-order valence-electron chi connectivity index (χ2n) is 8.99. The predicted molar refractivity (Wildman–Crippen MR) is 142 cm³/mol. The largest absolute Gasteiger partial charge is 0.497 e. The maximum absolute atomic E-state index is 13.7. The Labute approximate surface area is 218 Å². The number of hydrogen-bond acceptors (Lipinski definition) is 6. The van der Waals surface area contributed by atoms with Crippen molar-refractivity contribution in [3.63, 3.8) is 0 Å². The number of amides is 1. The second kappa shape index (κ2) is 10.7. The molecule has 9 heteroatoms. The summed E-state index contributed by atoms with van der Waals surface area (Å²) in [5, 5.41) is 3.04. The van der Waals surface area contributed by atoms with Crippen LogP contribution >= 0.6 is 0 Å². The molecule has 1 heterocycles.